The molecule has 2 aromatic rings. The van der Waals surface area contributed by atoms with Gasteiger partial charge in [-0.3, -0.25) is 0 Å². The van der Waals surface area contributed by atoms with Gasteiger partial charge < -0.3 is 4.74 Å². The highest BCUT2D eigenvalue weighted by atomic mass is 32.2. The SMILES string of the molecule is CCOc1ccc(/C=C(\C#N)S(=O)(=O)c2ccc(C)cc2)cc1. The first kappa shape index (κ1) is 16.8. The molecule has 0 saturated heterocycles. The smallest absolute Gasteiger partial charge is 0.216 e. The highest BCUT2D eigenvalue weighted by Crippen LogP contribution is 2.22. The molecule has 2 aromatic carbocycles. The third kappa shape index (κ3) is 3.99. The number of hydrogen-bond acceptors (Lipinski definition) is 4. The number of nitrogens with zero attached hydrogens (tertiary/aromatic N) is 1. The van der Waals surface area contributed by atoms with Crippen LogP contribution in [-0.2, 0) is 9.84 Å². The van der Waals surface area contributed by atoms with Crippen LogP contribution in [0.5, 0.6) is 5.75 Å². The number of allylic oxidation sites excluding steroid dienone is 1. The minimum Gasteiger partial charge on any atom is -0.494 e. The zero-order valence-electron chi connectivity index (χ0n) is 13.0. The zero-order chi connectivity index (χ0) is 16.9. The minimum atomic E-state index is -3.82. The second kappa shape index (κ2) is 7.12. The van der Waals surface area contributed by atoms with E-state index < -0.39 is 9.84 Å². The maximum atomic E-state index is 12.5. The Kier molecular flexibility index (Phi) is 5.20. The van der Waals surface area contributed by atoms with E-state index in [1.165, 1.54) is 18.2 Å². The summed E-state index contributed by atoms with van der Waals surface area (Å²) in [5.41, 5.74) is 1.58. The Hall–Kier alpha value is -2.58. The van der Waals surface area contributed by atoms with Gasteiger partial charge in [-0.1, -0.05) is 29.8 Å². The summed E-state index contributed by atoms with van der Waals surface area (Å²) in [6.07, 6.45) is 1.37. The van der Waals surface area contributed by atoms with E-state index in [0.717, 1.165) is 5.56 Å². The molecule has 0 unspecified atom stereocenters. The average Bonchev–Trinajstić information content (AvgIpc) is 2.54. The largest absolute Gasteiger partial charge is 0.494 e. The molecule has 4 nitrogen and oxygen atoms in total. The Morgan fingerprint density at radius 3 is 2.26 bits per heavy atom. The van der Waals surface area contributed by atoms with Crippen molar-refractivity contribution in [2.75, 3.05) is 6.61 Å². The standard InChI is InChI=1S/C18H17NO3S/c1-3-22-16-8-6-15(7-9-16)12-18(13-19)23(20,21)17-10-4-14(2)5-11-17/h4-12H,3H2,1-2H3/b18-12+. The first-order chi connectivity index (χ1) is 11.0. The third-order valence-corrected chi connectivity index (χ3v) is 4.90. The van der Waals surface area contributed by atoms with Crippen LogP contribution in [0.1, 0.15) is 18.1 Å². The monoisotopic (exact) mass is 327 g/mol. The summed E-state index contributed by atoms with van der Waals surface area (Å²) < 4.78 is 30.4. The van der Waals surface area contributed by atoms with Crippen molar-refractivity contribution in [3.8, 4) is 11.8 Å². The summed E-state index contributed by atoms with van der Waals surface area (Å²) >= 11 is 0. The Morgan fingerprint density at radius 2 is 1.74 bits per heavy atom. The van der Waals surface area contributed by atoms with Gasteiger partial charge in [-0.15, -0.1) is 0 Å². The van der Waals surface area contributed by atoms with Gasteiger partial charge in [0.25, 0.3) is 0 Å². The van der Waals surface area contributed by atoms with Gasteiger partial charge in [-0.25, -0.2) is 8.42 Å². The first-order valence-electron chi connectivity index (χ1n) is 7.14. The lowest BCUT2D eigenvalue weighted by Crippen LogP contribution is -2.03. The average molecular weight is 327 g/mol. The summed E-state index contributed by atoms with van der Waals surface area (Å²) in [5.74, 6) is 0.699. The number of hydrogen-bond donors (Lipinski definition) is 0. The van der Waals surface area contributed by atoms with Crippen molar-refractivity contribution >= 4 is 15.9 Å². The van der Waals surface area contributed by atoms with Crippen LogP contribution >= 0.6 is 0 Å². The van der Waals surface area contributed by atoms with Gasteiger partial charge in [-0.05, 0) is 49.8 Å². The second-order valence-corrected chi connectivity index (χ2v) is 6.86. The summed E-state index contributed by atoms with van der Waals surface area (Å²) in [6, 6.07) is 15.1. The minimum absolute atomic E-state index is 0.113. The lowest BCUT2D eigenvalue weighted by Gasteiger charge is -2.05. The van der Waals surface area contributed by atoms with Crippen LogP contribution in [-0.4, -0.2) is 15.0 Å². The highest BCUT2D eigenvalue weighted by Gasteiger charge is 2.20. The van der Waals surface area contributed by atoms with E-state index in [-0.39, 0.29) is 9.80 Å². The van der Waals surface area contributed by atoms with Crippen molar-refractivity contribution in [2.45, 2.75) is 18.7 Å². The molecule has 118 valence electrons. The van der Waals surface area contributed by atoms with E-state index in [1.807, 2.05) is 13.8 Å². The molecule has 0 atom stereocenters. The van der Waals surface area contributed by atoms with Gasteiger partial charge >= 0.3 is 0 Å². The molecule has 0 N–H and O–H groups in total. The van der Waals surface area contributed by atoms with Gasteiger partial charge in [0.15, 0.2) is 0 Å². The predicted molar refractivity (Wildman–Crippen MR) is 89.6 cm³/mol. The van der Waals surface area contributed by atoms with E-state index >= 15 is 0 Å². The van der Waals surface area contributed by atoms with Gasteiger partial charge in [0, 0.05) is 0 Å². The molecule has 0 aliphatic rings. The predicted octanol–water partition coefficient (Wildman–Crippen LogP) is 3.73. The van der Waals surface area contributed by atoms with E-state index in [0.29, 0.717) is 17.9 Å². The van der Waals surface area contributed by atoms with Gasteiger partial charge in [-0.2, -0.15) is 5.26 Å². The van der Waals surface area contributed by atoms with E-state index in [4.69, 9.17) is 4.74 Å². The third-order valence-electron chi connectivity index (χ3n) is 3.22. The molecular weight excluding hydrogens is 310 g/mol. The van der Waals surface area contributed by atoms with Crippen molar-refractivity contribution in [1.29, 1.82) is 5.26 Å². The fourth-order valence-corrected chi connectivity index (χ4v) is 3.15. The van der Waals surface area contributed by atoms with Gasteiger partial charge in [0.2, 0.25) is 9.84 Å². The van der Waals surface area contributed by atoms with Crippen LogP contribution in [0.4, 0.5) is 0 Å². The fourth-order valence-electron chi connectivity index (χ4n) is 1.99. The molecule has 2 rings (SSSR count). The molecule has 0 aliphatic heterocycles. The molecule has 0 radical (unpaired) electrons. The Bertz CT molecular complexity index is 843. The van der Waals surface area contributed by atoms with Crippen molar-refractivity contribution < 1.29 is 13.2 Å². The maximum Gasteiger partial charge on any atom is 0.216 e. The lowest BCUT2D eigenvalue weighted by atomic mass is 10.2. The van der Waals surface area contributed by atoms with Crippen LogP contribution < -0.4 is 4.74 Å². The van der Waals surface area contributed by atoms with Crippen LogP contribution in [0.2, 0.25) is 0 Å². The zero-order valence-corrected chi connectivity index (χ0v) is 13.8. The molecule has 0 fully saturated rings. The van der Waals surface area contributed by atoms with E-state index in [1.54, 1.807) is 42.5 Å². The van der Waals surface area contributed by atoms with E-state index in [9.17, 15) is 13.7 Å². The molecule has 0 bridgehead atoms. The Balaban J connectivity index is 2.38. The van der Waals surface area contributed by atoms with E-state index in [2.05, 4.69) is 0 Å². The molecule has 0 heterocycles. The number of sulfone groups is 1. The normalized spacial score (nSPS) is 11.8. The Labute approximate surface area is 136 Å². The maximum absolute atomic E-state index is 12.5. The van der Waals surface area contributed by atoms with Crippen LogP contribution in [0, 0.1) is 18.3 Å². The van der Waals surface area contributed by atoms with Gasteiger partial charge in [0.05, 0.1) is 11.5 Å². The van der Waals surface area contributed by atoms with Crippen molar-refractivity contribution in [2.24, 2.45) is 0 Å². The number of benzene rings is 2. The molecular formula is C18H17NO3S. The highest BCUT2D eigenvalue weighted by molar-refractivity contribution is 7.95. The summed E-state index contributed by atoms with van der Waals surface area (Å²) in [7, 11) is -3.82. The quantitative estimate of drug-likeness (QED) is 0.785. The molecule has 0 aromatic heterocycles. The number of ether oxygens (including phenoxy) is 1. The van der Waals surface area contributed by atoms with Crippen LogP contribution in [0.3, 0.4) is 0 Å². The molecule has 0 saturated carbocycles. The number of nitriles is 1. The molecule has 5 heteroatoms. The van der Waals surface area contributed by atoms with Crippen molar-refractivity contribution in [3.63, 3.8) is 0 Å². The molecule has 0 spiro atoms. The van der Waals surface area contributed by atoms with Crippen molar-refractivity contribution in [3.05, 3.63) is 64.6 Å². The second-order valence-electron chi connectivity index (χ2n) is 4.94. The lowest BCUT2D eigenvalue weighted by molar-refractivity contribution is 0.340. The Morgan fingerprint density at radius 1 is 1.13 bits per heavy atom. The van der Waals surface area contributed by atoms with Gasteiger partial charge in [0.1, 0.15) is 16.7 Å². The van der Waals surface area contributed by atoms with Crippen LogP contribution in [0.15, 0.2) is 58.3 Å². The molecule has 23 heavy (non-hydrogen) atoms. The number of aryl methyl sites for hydroxylation is 1. The van der Waals surface area contributed by atoms with Crippen LogP contribution in [0.25, 0.3) is 6.08 Å². The fraction of sp³-hybridized carbons (Fsp3) is 0.167. The number of rotatable bonds is 5. The summed E-state index contributed by atoms with van der Waals surface area (Å²) in [6.45, 7) is 4.31. The summed E-state index contributed by atoms with van der Waals surface area (Å²) in [5, 5.41) is 9.26. The molecule has 0 aliphatic carbocycles. The topological polar surface area (TPSA) is 67.2 Å². The molecule has 0 amide bonds. The van der Waals surface area contributed by atoms with Crippen molar-refractivity contribution in [1.82, 2.24) is 0 Å². The summed E-state index contributed by atoms with van der Waals surface area (Å²) in [4.78, 5) is -0.174. The first-order valence-corrected chi connectivity index (χ1v) is 8.62.